The van der Waals surface area contributed by atoms with Crippen LogP contribution in [0.3, 0.4) is 0 Å². The summed E-state index contributed by atoms with van der Waals surface area (Å²) in [5, 5.41) is 12.3. The summed E-state index contributed by atoms with van der Waals surface area (Å²) in [4.78, 5) is 24.4. The number of tetrazole rings is 1. The third-order valence-corrected chi connectivity index (χ3v) is 4.97. The summed E-state index contributed by atoms with van der Waals surface area (Å²) < 4.78 is 11.7. The molecule has 30 heavy (non-hydrogen) atoms. The van der Waals surface area contributed by atoms with Gasteiger partial charge >= 0.3 is 0 Å². The highest BCUT2D eigenvalue weighted by atomic mass is 35.5. The lowest BCUT2D eigenvalue weighted by molar-refractivity contribution is -0.119. The van der Waals surface area contributed by atoms with Crippen LogP contribution in [0.15, 0.2) is 47.6 Å². The molecule has 1 heterocycles. The molecule has 12 heteroatoms. The second kappa shape index (κ2) is 9.94. The van der Waals surface area contributed by atoms with Crippen LogP contribution in [0.5, 0.6) is 11.5 Å². The predicted molar refractivity (Wildman–Crippen MR) is 110 cm³/mol. The highest BCUT2D eigenvalue weighted by molar-refractivity contribution is 7.99. The van der Waals surface area contributed by atoms with Gasteiger partial charge in [-0.3, -0.25) is 20.4 Å². The van der Waals surface area contributed by atoms with Gasteiger partial charge in [0, 0.05) is 5.02 Å². The fourth-order valence-electron chi connectivity index (χ4n) is 2.37. The molecule has 3 aromatic rings. The average molecular weight is 449 g/mol. The molecular weight excluding hydrogens is 432 g/mol. The lowest BCUT2D eigenvalue weighted by Crippen LogP contribution is -2.42. The van der Waals surface area contributed by atoms with E-state index in [9.17, 15) is 9.59 Å². The first-order valence-corrected chi connectivity index (χ1v) is 9.86. The number of aromatic nitrogens is 4. The number of hydrazine groups is 1. The van der Waals surface area contributed by atoms with Gasteiger partial charge in [-0.25, -0.2) is 0 Å². The molecule has 0 spiro atoms. The molecule has 0 saturated carbocycles. The first-order chi connectivity index (χ1) is 14.5. The van der Waals surface area contributed by atoms with Crippen LogP contribution in [0.2, 0.25) is 5.02 Å². The van der Waals surface area contributed by atoms with Gasteiger partial charge in [-0.2, -0.15) is 4.68 Å². The number of halogens is 1. The van der Waals surface area contributed by atoms with Crippen molar-refractivity contribution in [2.24, 2.45) is 0 Å². The first kappa shape index (κ1) is 21.4. The third-order valence-electron chi connectivity index (χ3n) is 3.81. The topological polar surface area (TPSA) is 120 Å². The van der Waals surface area contributed by atoms with Crippen LogP contribution in [0, 0.1) is 0 Å². The highest BCUT2D eigenvalue weighted by Crippen LogP contribution is 2.22. The molecule has 0 aliphatic carbocycles. The van der Waals surface area contributed by atoms with E-state index >= 15 is 0 Å². The van der Waals surface area contributed by atoms with Crippen molar-refractivity contribution in [1.29, 1.82) is 0 Å². The van der Waals surface area contributed by atoms with Crippen molar-refractivity contribution < 1.29 is 19.1 Å². The monoisotopic (exact) mass is 448 g/mol. The van der Waals surface area contributed by atoms with Crippen molar-refractivity contribution in [3.8, 4) is 17.2 Å². The number of methoxy groups -OCH3 is 2. The van der Waals surface area contributed by atoms with Crippen LogP contribution in [0.1, 0.15) is 10.4 Å². The van der Waals surface area contributed by atoms with Crippen LogP contribution in [0.25, 0.3) is 5.69 Å². The number of hydrogen-bond acceptors (Lipinski definition) is 8. The maximum atomic E-state index is 12.3. The molecule has 2 N–H and O–H groups in total. The van der Waals surface area contributed by atoms with Gasteiger partial charge in [-0.15, -0.1) is 5.10 Å². The van der Waals surface area contributed by atoms with Crippen molar-refractivity contribution in [2.75, 3.05) is 20.0 Å². The minimum Gasteiger partial charge on any atom is -0.497 e. The second-order valence-electron chi connectivity index (χ2n) is 5.71. The van der Waals surface area contributed by atoms with E-state index in [0.717, 1.165) is 11.8 Å². The number of thioether (sulfide) groups is 1. The van der Waals surface area contributed by atoms with Gasteiger partial charge in [-0.1, -0.05) is 23.4 Å². The molecule has 0 fully saturated rings. The largest absolute Gasteiger partial charge is 0.497 e. The van der Waals surface area contributed by atoms with Gasteiger partial charge in [0.1, 0.15) is 11.5 Å². The number of carbonyl (C=O) groups excluding carboxylic acids is 2. The number of benzene rings is 2. The van der Waals surface area contributed by atoms with Gasteiger partial charge in [-0.05, 0) is 52.9 Å². The SMILES string of the molecule is COc1ccc(-n2nnnc2SCC(=O)NNC(=O)c2cc(Cl)ccc2OC)cc1. The Kier molecular flexibility index (Phi) is 7.09. The fraction of sp³-hybridized carbons (Fsp3) is 0.167. The molecule has 10 nitrogen and oxygen atoms in total. The minimum absolute atomic E-state index is 0.0243. The van der Waals surface area contributed by atoms with Crippen LogP contribution >= 0.6 is 23.4 Å². The summed E-state index contributed by atoms with van der Waals surface area (Å²) >= 11 is 7.03. The number of nitrogens with one attached hydrogen (secondary N) is 2. The molecule has 0 aliphatic heterocycles. The van der Waals surface area contributed by atoms with E-state index in [1.54, 1.807) is 43.5 Å². The van der Waals surface area contributed by atoms with Crippen molar-refractivity contribution in [1.82, 2.24) is 31.1 Å². The molecule has 0 saturated heterocycles. The second-order valence-corrected chi connectivity index (χ2v) is 7.09. The van der Waals surface area contributed by atoms with Crippen molar-refractivity contribution in [3.63, 3.8) is 0 Å². The summed E-state index contributed by atoms with van der Waals surface area (Å²) in [5.74, 6) is 0.00445. The molecule has 1 aromatic heterocycles. The Hall–Kier alpha value is -3.31. The molecule has 2 amide bonds. The minimum atomic E-state index is -0.559. The number of nitrogens with zero attached hydrogens (tertiary/aromatic N) is 4. The Labute approximate surface area is 180 Å². The Morgan fingerprint density at radius 3 is 2.57 bits per heavy atom. The van der Waals surface area contributed by atoms with Crippen LogP contribution in [0.4, 0.5) is 0 Å². The summed E-state index contributed by atoms with van der Waals surface area (Å²) in [5.41, 5.74) is 5.57. The first-order valence-electron chi connectivity index (χ1n) is 8.50. The number of amides is 2. The predicted octanol–water partition coefficient (Wildman–Crippen LogP) is 1.89. The molecule has 0 aliphatic rings. The van der Waals surface area contributed by atoms with Gasteiger partial charge in [0.15, 0.2) is 0 Å². The van der Waals surface area contributed by atoms with E-state index in [1.165, 1.54) is 17.9 Å². The summed E-state index contributed by atoms with van der Waals surface area (Å²) in [6.07, 6.45) is 0. The Morgan fingerprint density at radius 1 is 1.10 bits per heavy atom. The smallest absolute Gasteiger partial charge is 0.273 e. The lowest BCUT2D eigenvalue weighted by atomic mass is 10.2. The molecule has 0 bridgehead atoms. The molecular formula is C18H17ClN6O4S. The normalized spacial score (nSPS) is 10.4. The molecule has 3 rings (SSSR count). The Bertz CT molecular complexity index is 1040. The zero-order chi connectivity index (χ0) is 21.5. The third kappa shape index (κ3) is 5.19. The van der Waals surface area contributed by atoms with E-state index in [-0.39, 0.29) is 11.3 Å². The summed E-state index contributed by atoms with van der Waals surface area (Å²) in [7, 11) is 3.01. The highest BCUT2D eigenvalue weighted by Gasteiger charge is 2.15. The maximum Gasteiger partial charge on any atom is 0.273 e. The zero-order valence-corrected chi connectivity index (χ0v) is 17.5. The maximum absolute atomic E-state index is 12.3. The van der Waals surface area contributed by atoms with Crippen LogP contribution in [-0.4, -0.2) is 52.0 Å². The van der Waals surface area contributed by atoms with Gasteiger partial charge in [0.25, 0.3) is 5.91 Å². The molecule has 0 unspecified atom stereocenters. The fourth-order valence-corrected chi connectivity index (χ4v) is 3.23. The van der Waals surface area contributed by atoms with Gasteiger partial charge in [0.2, 0.25) is 11.1 Å². The Balaban J connectivity index is 1.56. The number of hydrogen-bond donors (Lipinski definition) is 2. The van der Waals surface area contributed by atoms with E-state index in [2.05, 4.69) is 26.4 Å². The van der Waals surface area contributed by atoms with Crippen LogP contribution in [-0.2, 0) is 4.79 Å². The summed E-state index contributed by atoms with van der Waals surface area (Å²) in [6.45, 7) is 0. The summed E-state index contributed by atoms with van der Waals surface area (Å²) in [6, 6.07) is 11.7. The quantitative estimate of drug-likeness (QED) is 0.415. The van der Waals surface area contributed by atoms with E-state index < -0.39 is 11.8 Å². The van der Waals surface area contributed by atoms with E-state index in [4.69, 9.17) is 21.1 Å². The average Bonchev–Trinajstić information content (AvgIpc) is 3.24. The number of carbonyl (C=O) groups is 2. The van der Waals surface area contributed by atoms with E-state index in [1.807, 2.05) is 0 Å². The van der Waals surface area contributed by atoms with Crippen molar-refractivity contribution in [3.05, 3.63) is 53.1 Å². The van der Waals surface area contributed by atoms with Crippen molar-refractivity contribution in [2.45, 2.75) is 5.16 Å². The lowest BCUT2D eigenvalue weighted by Gasteiger charge is -2.10. The van der Waals surface area contributed by atoms with E-state index in [0.29, 0.717) is 27.4 Å². The van der Waals surface area contributed by atoms with Crippen LogP contribution < -0.4 is 20.3 Å². The Morgan fingerprint density at radius 2 is 1.87 bits per heavy atom. The zero-order valence-electron chi connectivity index (χ0n) is 16.0. The van der Waals surface area contributed by atoms with Crippen molar-refractivity contribution >= 4 is 35.2 Å². The molecule has 0 atom stereocenters. The number of ether oxygens (including phenoxy) is 2. The molecule has 156 valence electrons. The number of rotatable bonds is 7. The standard InChI is InChI=1S/C18H17ClN6O4S/c1-28-13-6-4-12(5-7-13)25-18(22-23-24-25)30-10-16(26)20-21-17(27)14-9-11(19)3-8-15(14)29-2/h3-9H,10H2,1-2H3,(H,20,26)(H,21,27). The van der Waals surface area contributed by atoms with Gasteiger partial charge < -0.3 is 9.47 Å². The van der Waals surface area contributed by atoms with Gasteiger partial charge in [0.05, 0.1) is 31.2 Å². The molecule has 0 radical (unpaired) electrons. The molecule has 2 aromatic carbocycles.